The average Bonchev–Trinajstić information content (AvgIpc) is 2.64. The van der Waals surface area contributed by atoms with Gasteiger partial charge in [-0.3, -0.25) is 0 Å². The highest BCUT2D eigenvalue weighted by molar-refractivity contribution is 6.07. The molecule has 0 spiro atoms. The number of nitrogens with one attached hydrogen (secondary N) is 1. The molecule has 3 aromatic carbocycles. The zero-order valence-corrected chi connectivity index (χ0v) is 13.6. The van der Waals surface area contributed by atoms with Gasteiger partial charge in [-0.2, -0.15) is 5.26 Å². The maximum absolute atomic E-state index is 9.63. The van der Waals surface area contributed by atoms with E-state index in [9.17, 15) is 15.5 Å². The van der Waals surface area contributed by atoms with Crippen molar-refractivity contribution in [2.45, 2.75) is 19.0 Å². The highest BCUT2D eigenvalue weighted by atomic mass is 16.3. The van der Waals surface area contributed by atoms with Crippen molar-refractivity contribution in [3.8, 4) is 6.07 Å². The minimum Gasteiger partial charge on any atom is -0.394 e. The van der Waals surface area contributed by atoms with Crippen molar-refractivity contribution >= 4 is 21.5 Å². The number of fused-ring (bicyclic) bond motifs is 2. The highest BCUT2D eigenvalue weighted by Crippen LogP contribution is 2.32. The molecule has 0 amide bonds. The van der Waals surface area contributed by atoms with Gasteiger partial charge in [0.05, 0.1) is 24.3 Å². The first-order chi connectivity index (χ1) is 11.6. The summed E-state index contributed by atoms with van der Waals surface area (Å²) in [7, 11) is 0. The van der Waals surface area contributed by atoms with Crippen LogP contribution in [0.4, 0.5) is 0 Å². The average molecular weight is 320 g/mol. The van der Waals surface area contributed by atoms with Crippen LogP contribution in [0.5, 0.6) is 0 Å². The van der Waals surface area contributed by atoms with Crippen LogP contribution in [0, 0.1) is 11.3 Å². The minimum atomic E-state index is -0.754. The lowest BCUT2D eigenvalue weighted by Crippen LogP contribution is -2.48. The van der Waals surface area contributed by atoms with E-state index in [1.807, 2.05) is 48.5 Å². The molecule has 122 valence electrons. The van der Waals surface area contributed by atoms with E-state index in [2.05, 4.69) is 11.4 Å². The topological polar surface area (TPSA) is 76.3 Å². The molecule has 3 aromatic rings. The Labute approximate surface area is 141 Å². The standard InChI is InChI=1S/C20H20N2O2/c1-20(12-23,13-24)22-11-19-16-8-4-2-6-14(16)18(10-21)15-7-3-5-9-17(15)19/h2-9,22-24H,11-13H2,1H3. The predicted molar refractivity (Wildman–Crippen MR) is 95.6 cm³/mol. The van der Waals surface area contributed by atoms with E-state index >= 15 is 0 Å². The van der Waals surface area contributed by atoms with Crippen LogP contribution in [-0.4, -0.2) is 29.0 Å². The molecule has 0 unspecified atom stereocenters. The summed E-state index contributed by atoms with van der Waals surface area (Å²) in [4.78, 5) is 0. The maximum atomic E-state index is 9.63. The minimum absolute atomic E-state index is 0.157. The van der Waals surface area contributed by atoms with Gasteiger partial charge in [0.2, 0.25) is 0 Å². The summed E-state index contributed by atoms with van der Waals surface area (Å²) < 4.78 is 0. The van der Waals surface area contributed by atoms with Crippen LogP contribution < -0.4 is 5.32 Å². The summed E-state index contributed by atoms with van der Waals surface area (Å²) in [5, 5.41) is 35.8. The summed E-state index contributed by atoms with van der Waals surface area (Å²) in [6.45, 7) is 1.96. The van der Waals surface area contributed by atoms with Gasteiger partial charge in [-0.1, -0.05) is 48.5 Å². The second kappa shape index (κ2) is 6.58. The third-order valence-corrected chi connectivity index (χ3v) is 4.54. The second-order valence-corrected chi connectivity index (χ2v) is 6.29. The van der Waals surface area contributed by atoms with E-state index in [1.54, 1.807) is 6.92 Å². The van der Waals surface area contributed by atoms with Crippen molar-refractivity contribution in [3.05, 3.63) is 59.7 Å². The van der Waals surface area contributed by atoms with Gasteiger partial charge < -0.3 is 15.5 Å². The van der Waals surface area contributed by atoms with E-state index in [0.717, 1.165) is 27.1 Å². The molecule has 0 aliphatic rings. The normalized spacial score (nSPS) is 11.8. The molecule has 0 radical (unpaired) electrons. The van der Waals surface area contributed by atoms with Crippen molar-refractivity contribution < 1.29 is 10.2 Å². The van der Waals surface area contributed by atoms with Crippen LogP contribution in [0.3, 0.4) is 0 Å². The third-order valence-electron chi connectivity index (χ3n) is 4.54. The Hall–Kier alpha value is -2.45. The van der Waals surface area contributed by atoms with Gasteiger partial charge in [0.25, 0.3) is 0 Å². The number of nitrogens with zero attached hydrogens (tertiary/aromatic N) is 1. The van der Waals surface area contributed by atoms with Crippen LogP contribution in [0.25, 0.3) is 21.5 Å². The lowest BCUT2D eigenvalue weighted by Gasteiger charge is -2.27. The number of aliphatic hydroxyl groups excluding tert-OH is 2. The molecule has 4 nitrogen and oxygen atoms in total. The summed E-state index contributed by atoms with van der Waals surface area (Å²) >= 11 is 0. The molecule has 24 heavy (non-hydrogen) atoms. The van der Waals surface area contributed by atoms with E-state index in [-0.39, 0.29) is 13.2 Å². The Kier molecular flexibility index (Phi) is 4.50. The molecule has 0 bridgehead atoms. The van der Waals surface area contributed by atoms with Gasteiger partial charge in [0, 0.05) is 17.3 Å². The van der Waals surface area contributed by atoms with Crippen molar-refractivity contribution in [2.24, 2.45) is 0 Å². The van der Waals surface area contributed by atoms with Crippen molar-refractivity contribution in [3.63, 3.8) is 0 Å². The van der Waals surface area contributed by atoms with Crippen LogP contribution in [0.2, 0.25) is 0 Å². The van der Waals surface area contributed by atoms with Gasteiger partial charge >= 0.3 is 0 Å². The number of benzene rings is 3. The number of aliphatic hydroxyl groups is 2. The largest absolute Gasteiger partial charge is 0.394 e. The van der Waals surface area contributed by atoms with Gasteiger partial charge in [0.1, 0.15) is 6.07 Å². The zero-order chi connectivity index (χ0) is 17.2. The van der Waals surface area contributed by atoms with E-state index in [1.165, 1.54) is 0 Å². The summed E-state index contributed by atoms with van der Waals surface area (Å²) in [5.41, 5.74) is 0.987. The fourth-order valence-electron chi connectivity index (χ4n) is 2.99. The smallest absolute Gasteiger partial charge is 0.100 e. The Balaban J connectivity index is 2.24. The number of rotatable bonds is 5. The molecule has 3 N–H and O–H groups in total. The molecule has 0 fully saturated rings. The van der Waals surface area contributed by atoms with Crippen molar-refractivity contribution in [1.29, 1.82) is 5.26 Å². The predicted octanol–water partition coefficient (Wildman–Crippen LogP) is 2.70. The van der Waals surface area contributed by atoms with Gasteiger partial charge in [-0.05, 0) is 23.3 Å². The quantitative estimate of drug-likeness (QED) is 0.632. The fraction of sp³-hybridized carbons (Fsp3) is 0.250. The van der Waals surface area contributed by atoms with E-state index < -0.39 is 5.54 Å². The Morgan fingerprint density at radius 1 is 0.917 bits per heavy atom. The lowest BCUT2D eigenvalue weighted by atomic mass is 9.91. The SMILES string of the molecule is CC(CO)(CO)NCc1c2ccccc2c(C#N)c2ccccc12. The molecule has 0 heterocycles. The molecule has 0 saturated heterocycles. The van der Waals surface area contributed by atoms with Crippen LogP contribution in [0.1, 0.15) is 18.1 Å². The summed E-state index contributed by atoms with van der Waals surface area (Å²) in [6, 6.07) is 18.0. The van der Waals surface area contributed by atoms with Crippen LogP contribution >= 0.6 is 0 Å². The molecule has 0 saturated carbocycles. The monoisotopic (exact) mass is 320 g/mol. The van der Waals surface area contributed by atoms with Gasteiger partial charge in [0.15, 0.2) is 0 Å². The lowest BCUT2D eigenvalue weighted by molar-refractivity contribution is 0.103. The Morgan fingerprint density at radius 2 is 1.38 bits per heavy atom. The van der Waals surface area contributed by atoms with Crippen molar-refractivity contribution in [2.75, 3.05) is 13.2 Å². The van der Waals surface area contributed by atoms with E-state index in [4.69, 9.17) is 0 Å². The second-order valence-electron chi connectivity index (χ2n) is 6.29. The number of hydrogen-bond donors (Lipinski definition) is 3. The highest BCUT2D eigenvalue weighted by Gasteiger charge is 2.22. The fourth-order valence-corrected chi connectivity index (χ4v) is 2.99. The molecular formula is C20H20N2O2. The number of nitriles is 1. The molecular weight excluding hydrogens is 300 g/mol. The van der Waals surface area contributed by atoms with Gasteiger partial charge in [-0.15, -0.1) is 0 Å². The molecule has 3 rings (SSSR count). The Bertz CT molecular complexity index is 867. The molecule has 0 aromatic heterocycles. The first kappa shape index (κ1) is 16.4. The van der Waals surface area contributed by atoms with Crippen LogP contribution in [-0.2, 0) is 6.54 Å². The van der Waals surface area contributed by atoms with Crippen molar-refractivity contribution in [1.82, 2.24) is 5.32 Å². The first-order valence-corrected chi connectivity index (χ1v) is 7.92. The molecule has 0 aliphatic carbocycles. The number of hydrogen-bond acceptors (Lipinski definition) is 4. The first-order valence-electron chi connectivity index (χ1n) is 7.92. The van der Waals surface area contributed by atoms with Crippen LogP contribution in [0.15, 0.2) is 48.5 Å². The molecule has 0 atom stereocenters. The summed E-state index contributed by atoms with van der Waals surface area (Å²) in [5.74, 6) is 0. The third kappa shape index (κ3) is 2.74. The molecule has 4 heteroatoms. The van der Waals surface area contributed by atoms with Gasteiger partial charge in [-0.25, -0.2) is 0 Å². The summed E-state index contributed by atoms with van der Waals surface area (Å²) in [6.07, 6.45) is 0. The zero-order valence-electron chi connectivity index (χ0n) is 13.6. The molecule has 0 aliphatic heterocycles. The maximum Gasteiger partial charge on any atom is 0.100 e. The Morgan fingerprint density at radius 3 is 1.79 bits per heavy atom. The van der Waals surface area contributed by atoms with E-state index in [0.29, 0.717) is 12.1 Å².